The summed E-state index contributed by atoms with van der Waals surface area (Å²) in [6, 6.07) is 7.64. The molecular formula is C14H18N2O2. The predicted octanol–water partition coefficient (Wildman–Crippen LogP) is 2.32. The summed E-state index contributed by atoms with van der Waals surface area (Å²) in [5.41, 5.74) is 1.95. The molecule has 0 spiro atoms. The number of rotatable bonds is 5. The zero-order valence-corrected chi connectivity index (χ0v) is 10.7. The topological polar surface area (TPSA) is 47.3 Å². The third kappa shape index (κ3) is 3.11. The monoisotopic (exact) mass is 246 g/mol. The molecule has 2 aromatic rings. The first kappa shape index (κ1) is 12.6. The van der Waals surface area contributed by atoms with Crippen molar-refractivity contribution in [3.05, 3.63) is 47.8 Å². The molecule has 1 atom stereocenters. The van der Waals surface area contributed by atoms with Gasteiger partial charge in [-0.05, 0) is 43.2 Å². The van der Waals surface area contributed by atoms with Crippen LogP contribution in [0.1, 0.15) is 24.2 Å². The van der Waals surface area contributed by atoms with Crippen LogP contribution in [0.25, 0.3) is 0 Å². The molecule has 18 heavy (non-hydrogen) atoms. The van der Waals surface area contributed by atoms with Crippen LogP contribution < -0.4 is 4.74 Å². The van der Waals surface area contributed by atoms with E-state index < -0.39 is 6.10 Å². The summed E-state index contributed by atoms with van der Waals surface area (Å²) >= 11 is 0. The molecule has 4 heteroatoms. The van der Waals surface area contributed by atoms with Crippen LogP contribution in [-0.2, 0) is 6.54 Å². The van der Waals surface area contributed by atoms with Crippen LogP contribution in [0.3, 0.4) is 0 Å². The van der Waals surface area contributed by atoms with Crippen LogP contribution in [0, 0.1) is 6.92 Å². The molecule has 0 unspecified atom stereocenters. The van der Waals surface area contributed by atoms with Gasteiger partial charge in [-0.1, -0.05) is 6.07 Å². The minimum absolute atomic E-state index is 0.443. The van der Waals surface area contributed by atoms with Crippen LogP contribution in [0.15, 0.2) is 36.7 Å². The van der Waals surface area contributed by atoms with Crippen LogP contribution >= 0.6 is 0 Å². The number of hydrogen-bond acceptors (Lipinski definition) is 3. The third-order valence-corrected chi connectivity index (χ3v) is 2.82. The van der Waals surface area contributed by atoms with Gasteiger partial charge < -0.3 is 9.84 Å². The summed E-state index contributed by atoms with van der Waals surface area (Å²) < 4.78 is 7.54. The second-order valence-corrected chi connectivity index (χ2v) is 4.32. The Hall–Kier alpha value is -1.81. The van der Waals surface area contributed by atoms with Crippen molar-refractivity contribution in [3.63, 3.8) is 0 Å². The van der Waals surface area contributed by atoms with Crippen molar-refractivity contribution in [2.75, 3.05) is 6.61 Å². The SMILES string of the molecule is Cc1cc([C@@H](C)O)ccc1OCCn1cccn1. The van der Waals surface area contributed by atoms with E-state index in [1.54, 1.807) is 13.1 Å². The van der Waals surface area contributed by atoms with Gasteiger partial charge in [-0.2, -0.15) is 5.10 Å². The average Bonchev–Trinajstić information content (AvgIpc) is 2.84. The fourth-order valence-corrected chi connectivity index (χ4v) is 1.78. The zero-order chi connectivity index (χ0) is 13.0. The summed E-state index contributed by atoms with van der Waals surface area (Å²) in [4.78, 5) is 0. The van der Waals surface area contributed by atoms with Crippen molar-refractivity contribution in [1.29, 1.82) is 0 Å². The number of aliphatic hydroxyl groups excluding tert-OH is 1. The van der Waals surface area contributed by atoms with Crippen molar-refractivity contribution in [3.8, 4) is 5.75 Å². The number of hydrogen-bond donors (Lipinski definition) is 1. The number of aromatic nitrogens is 2. The van der Waals surface area contributed by atoms with Gasteiger partial charge in [-0.15, -0.1) is 0 Å². The molecule has 1 heterocycles. The van der Waals surface area contributed by atoms with Crippen LogP contribution in [0.5, 0.6) is 5.75 Å². The molecule has 0 amide bonds. The smallest absolute Gasteiger partial charge is 0.122 e. The highest BCUT2D eigenvalue weighted by Gasteiger charge is 2.05. The van der Waals surface area contributed by atoms with E-state index >= 15 is 0 Å². The molecule has 1 aromatic carbocycles. The highest BCUT2D eigenvalue weighted by Crippen LogP contribution is 2.22. The average molecular weight is 246 g/mol. The fraction of sp³-hybridized carbons (Fsp3) is 0.357. The molecule has 0 radical (unpaired) electrons. The molecule has 0 aliphatic carbocycles. The summed E-state index contributed by atoms with van der Waals surface area (Å²) in [7, 11) is 0. The molecule has 0 aliphatic rings. The van der Waals surface area contributed by atoms with Gasteiger partial charge in [0.2, 0.25) is 0 Å². The Kier molecular flexibility index (Phi) is 3.99. The molecule has 0 bridgehead atoms. The number of aliphatic hydroxyl groups is 1. The van der Waals surface area contributed by atoms with Gasteiger partial charge in [-0.25, -0.2) is 0 Å². The number of benzene rings is 1. The number of ether oxygens (including phenoxy) is 1. The largest absolute Gasteiger partial charge is 0.491 e. The second kappa shape index (κ2) is 5.69. The molecule has 96 valence electrons. The molecule has 0 saturated heterocycles. The highest BCUT2D eigenvalue weighted by molar-refractivity contribution is 5.36. The standard InChI is InChI=1S/C14H18N2O2/c1-11-10-13(12(2)17)4-5-14(11)18-9-8-16-7-3-6-15-16/h3-7,10,12,17H,8-9H2,1-2H3/t12-/m1/s1. The highest BCUT2D eigenvalue weighted by atomic mass is 16.5. The fourth-order valence-electron chi connectivity index (χ4n) is 1.78. The maximum atomic E-state index is 9.49. The van der Waals surface area contributed by atoms with Crippen molar-refractivity contribution in [2.45, 2.75) is 26.5 Å². The molecule has 2 rings (SSSR count). The molecule has 1 N–H and O–H groups in total. The Labute approximate surface area is 107 Å². The van der Waals surface area contributed by atoms with E-state index in [0.717, 1.165) is 23.4 Å². The third-order valence-electron chi connectivity index (χ3n) is 2.82. The number of aryl methyl sites for hydroxylation is 1. The first-order valence-electron chi connectivity index (χ1n) is 6.05. The Morgan fingerprint density at radius 3 is 2.89 bits per heavy atom. The molecule has 0 fully saturated rings. The van der Waals surface area contributed by atoms with E-state index in [2.05, 4.69) is 5.10 Å². The molecule has 0 aliphatic heterocycles. The van der Waals surface area contributed by atoms with Gasteiger partial charge in [-0.3, -0.25) is 4.68 Å². The Balaban J connectivity index is 1.93. The number of nitrogens with zero attached hydrogens (tertiary/aromatic N) is 2. The van der Waals surface area contributed by atoms with Gasteiger partial charge in [0.05, 0.1) is 12.6 Å². The summed E-state index contributed by atoms with van der Waals surface area (Å²) in [5, 5.41) is 13.6. The first-order chi connectivity index (χ1) is 8.66. The first-order valence-corrected chi connectivity index (χ1v) is 6.05. The van der Waals surface area contributed by atoms with E-state index in [1.807, 2.05) is 42.1 Å². The summed E-state index contributed by atoms with van der Waals surface area (Å²) in [6.45, 7) is 5.04. The van der Waals surface area contributed by atoms with Crippen molar-refractivity contribution in [1.82, 2.24) is 9.78 Å². The molecule has 1 aromatic heterocycles. The second-order valence-electron chi connectivity index (χ2n) is 4.32. The van der Waals surface area contributed by atoms with Gasteiger partial charge in [0, 0.05) is 12.4 Å². The van der Waals surface area contributed by atoms with Gasteiger partial charge in [0.25, 0.3) is 0 Å². The van der Waals surface area contributed by atoms with E-state index in [0.29, 0.717) is 6.61 Å². The van der Waals surface area contributed by atoms with Crippen LogP contribution in [0.2, 0.25) is 0 Å². The minimum Gasteiger partial charge on any atom is -0.491 e. The quantitative estimate of drug-likeness (QED) is 0.880. The Morgan fingerprint density at radius 2 is 2.28 bits per heavy atom. The van der Waals surface area contributed by atoms with Crippen LogP contribution in [0.4, 0.5) is 0 Å². The lowest BCUT2D eigenvalue weighted by Crippen LogP contribution is -2.09. The van der Waals surface area contributed by atoms with Gasteiger partial charge >= 0.3 is 0 Å². The Morgan fingerprint density at radius 1 is 1.44 bits per heavy atom. The molecular weight excluding hydrogens is 228 g/mol. The van der Waals surface area contributed by atoms with Gasteiger partial charge in [0.15, 0.2) is 0 Å². The van der Waals surface area contributed by atoms with Crippen molar-refractivity contribution in [2.24, 2.45) is 0 Å². The molecule has 4 nitrogen and oxygen atoms in total. The maximum Gasteiger partial charge on any atom is 0.122 e. The summed E-state index contributed by atoms with van der Waals surface area (Å²) in [5.74, 6) is 0.853. The lowest BCUT2D eigenvalue weighted by Gasteiger charge is -2.12. The van der Waals surface area contributed by atoms with E-state index in [-0.39, 0.29) is 0 Å². The zero-order valence-electron chi connectivity index (χ0n) is 10.7. The summed E-state index contributed by atoms with van der Waals surface area (Å²) in [6.07, 6.45) is 3.22. The van der Waals surface area contributed by atoms with Crippen molar-refractivity contribution < 1.29 is 9.84 Å². The maximum absolute atomic E-state index is 9.49. The van der Waals surface area contributed by atoms with Gasteiger partial charge in [0.1, 0.15) is 12.4 Å². The lowest BCUT2D eigenvalue weighted by molar-refractivity contribution is 0.199. The van der Waals surface area contributed by atoms with E-state index in [9.17, 15) is 5.11 Å². The minimum atomic E-state index is -0.443. The lowest BCUT2D eigenvalue weighted by atomic mass is 10.1. The van der Waals surface area contributed by atoms with E-state index in [4.69, 9.17) is 4.74 Å². The predicted molar refractivity (Wildman–Crippen MR) is 69.5 cm³/mol. The molecule has 0 saturated carbocycles. The van der Waals surface area contributed by atoms with Crippen LogP contribution in [-0.4, -0.2) is 21.5 Å². The van der Waals surface area contributed by atoms with E-state index in [1.165, 1.54) is 0 Å². The Bertz CT molecular complexity index is 493. The van der Waals surface area contributed by atoms with Crippen molar-refractivity contribution >= 4 is 0 Å². The normalized spacial score (nSPS) is 12.4.